The summed E-state index contributed by atoms with van der Waals surface area (Å²) < 4.78 is 5.96. The third kappa shape index (κ3) is 3.61. The molecule has 4 heteroatoms. The van der Waals surface area contributed by atoms with Crippen LogP contribution < -0.4 is 0 Å². The number of nitrogens with zero attached hydrogens (tertiary/aromatic N) is 1. The first-order valence-electron chi connectivity index (χ1n) is 8.78. The smallest absolute Gasteiger partial charge is 0.106 e. The number of piperidine rings is 1. The van der Waals surface area contributed by atoms with Crippen molar-refractivity contribution in [2.75, 3.05) is 19.7 Å². The highest BCUT2D eigenvalue weighted by molar-refractivity contribution is 5.27. The summed E-state index contributed by atoms with van der Waals surface area (Å²) in [4.78, 5) is 2.48. The predicted octanol–water partition coefficient (Wildman–Crippen LogP) is 2.12. The average molecular weight is 319 g/mol. The van der Waals surface area contributed by atoms with Gasteiger partial charge in [0.25, 0.3) is 0 Å². The number of likely N-dealkylation sites (tertiary alicyclic amines) is 1. The van der Waals surface area contributed by atoms with E-state index in [9.17, 15) is 10.2 Å². The Labute approximate surface area is 139 Å². The molecule has 0 saturated carbocycles. The van der Waals surface area contributed by atoms with Gasteiger partial charge >= 0.3 is 0 Å². The Morgan fingerprint density at radius 1 is 1.22 bits per heavy atom. The average Bonchev–Trinajstić information content (AvgIpc) is 2.54. The van der Waals surface area contributed by atoms with Crippen LogP contribution in [0.3, 0.4) is 0 Å². The fourth-order valence-electron chi connectivity index (χ4n) is 3.99. The zero-order valence-electron chi connectivity index (χ0n) is 14.3. The van der Waals surface area contributed by atoms with Gasteiger partial charge in [-0.15, -0.1) is 0 Å². The first-order valence-corrected chi connectivity index (χ1v) is 8.78. The second-order valence-corrected chi connectivity index (χ2v) is 7.44. The summed E-state index contributed by atoms with van der Waals surface area (Å²) in [7, 11) is 0. The second-order valence-electron chi connectivity index (χ2n) is 7.44. The van der Waals surface area contributed by atoms with Crippen LogP contribution >= 0.6 is 0 Å². The van der Waals surface area contributed by atoms with Crippen LogP contribution in [0.2, 0.25) is 0 Å². The molecule has 23 heavy (non-hydrogen) atoms. The molecule has 128 valence electrons. The Balaban J connectivity index is 1.60. The molecule has 2 fully saturated rings. The van der Waals surface area contributed by atoms with E-state index in [2.05, 4.69) is 36.1 Å². The molecule has 0 amide bonds. The van der Waals surface area contributed by atoms with Crippen molar-refractivity contribution in [2.24, 2.45) is 0 Å². The lowest BCUT2D eigenvalue weighted by atomic mass is 9.76. The SMILES string of the molecule is CCc1ccccc1CN1CCC2(CC1)C[C@](C)(O)[C@@H](O)CO2. The van der Waals surface area contributed by atoms with Crippen LogP contribution in [0.15, 0.2) is 24.3 Å². The fraction of sp³-hybridized carbons (Fsp3) is 0.684. The van der Waals surface area contributed by atoms with Crippen LogP contribution in [0.4, 0.5) is 0 Å². The number of aliphatic hydroxyl groups excluding tert-OH is 1. The van der Waals surface area contributed by atoms with Gasteiger partial charge in [0.15, 0.2) is 0 Å². The van der Waals surface area contributed by atoms with Gasteiger partial charge in [-0.2, -0.15) is 0 Å². The topological polar surface area (TPSA) is 52.9 Å². The first kappa shape index (κ1) is 16.9. The van der Waals surface area contributed by atoms with Crippen molar-refractivity contribution in [3.8, 4) is 0 Å². The lowest BCUT2D eigenvalue weighted by Gasteiger charge is -2.50. The molecule has 2 N–H and O–H groups in total. The standard InChI is InChI=1S/C19H29NO3/c1-3-15-6-4-5-7-16(15)12-20-10-8-19(9-11-20)14-18(2,22)17(21)13-23-19/h4-7,17,21-22H,3,8-14H2,1-2H3/t17-,18-/m0/s1. The Hall–Kier alpha value is -0.940. The normalized spacial score (nSPS) is 31.4. The highest BCUT2D eigenvalue weighted by atomic mass is 16.5. The summed E-state index contributed by atoms with van der Waals surface area (Å²) in [5.74, 6) is 0. The Morgan fingerprint density at radius 3 is 2.48 bits per heavy atom. The number of ether oxygens (including phenoxy) is 1. The zero-order chi connectivity index (χ0) is 16.5. The van der Waals surface area contributed by atoms with E-state index in [1.807, 2.05) is 0 Å². The van der Waals surface area contributed by atoms with Crippen molar-refractivity contribution in [2.45, 2.75) is 63.4 Å². The maximum atomic E-state index is 10.4. The highest BCUT2D eigenvalue weighted by Gasteiger charge is 2.48. The van der Waals surface area contributed by atoms with Crippen LogP contribution in [0.1, 0.15) is 44.2 Å². The van der Waals surface area contributed by atoms with Gasteiger partial charge in [-0.1, -0.05) is 31.2 Å². The van der Waals surface area contributed by atoms with Crippen molar-refractivity contribution < 1.29 is 14.9 Å². The van der Waals surface area contributed by atoms with Crippen molar-refractivity contribution >= 4 is 0 Å². The molecule has 0 aromatic heterocycles. The van der Waals surface area contributed by atoms with Crippen LogP contribution in [0, 0.1) is 0 Å². The number of hydrogen-bond donors (Lipinski definition) is 2. The van der Waals surface area contributed by atoms with E-state index in [0.717, 1.165) is 38.9 Å². The van der Waals surface area contributed by atoms with Crippen LogP contribution in [-0.2, 0) is 17.7 Å². The minimum atomic E-state index is -1.03. The molecule has 1 aromatic carbocycles. The van der Waals surface area contributed by atoms with Crippen LogP contribution in [0.5, 0.6) is 0 Å². The van der Waals surface area contributed by atoms with E-state index >= 15 is 0 Å². The summed E-state index contributed by atoms with van der Waals surface area (Å²) in [6, 6.07) is 8.66. The zero-order valence-corrected chi connectivity index (χ0v) is 14.3. The van der Waals surface area contributed by atoms with E-state index in [4.69, 9.17) is 4.74 Å². The molecule has 2 heterocycles. The van der Waals surface area contributed by atoms with Crippen molar-refractivity contribution in [3.63, 3.8) is 0 Å². The summed E-state index contributed by atoms with van der Waals surface area (Å²) in [5, 5.41) is 20.3. The molecule has 3 rings (SSSR count). The van der Waals surface area contributed by atoms with E-state index in [1.54, 1.807) is 6.92 Å². The maximum Gasteiger partial charge on any atom is 0.106 e. The fourth-order valence-corrected chi connectivity index (χ4v) is 3.99. The molecule has 2 saturated heterocycles. The third-order valence-corrected chi connectivity index (χ3v) is 5.61. The summed E-state index contributed by atoms with van der Waals surface area (Å²) in [6.45, 7) is 7.11. The molecule has 0 radical (unpaired) electrons. The summed E-state index contributed by atoms with van der Waals surface area (Å²) in [6.07, 6.45) is 2.66. The minimum absolute atomic E-state index is 0.242. The lowest BCUT2D eigenvalue weighted by Crippen LogP contribution is -2.59. The van der Waals surface area contributed by atoms with Gasteiger partial charge in [0.1, 0.15) is 6.10 Å². The number of rotatable bonds is 3. The minimum Gasteiger partial charge on any atom is -0.388 e. The second kappa shape index (κ2) is 6.52. The lowest BCUT2D eigenvalue weighted by molar-refractivity contribution is -0.223. The van der Waals surface area contributed by atoms with E-state index in [0.29, 0.717) is 6.42 Å². The molecular weight excluding hydrogens is 290 g/mol. The molecule has 1 aromatic rings. The van der Waals surface area contributed by atoms with Gasteiger partial charge in [-0.25, -0.2) is 0 Å². The van der Waals surface area contributed by atoms with Crippen molar-refractivity contribution in [3.05, 3.63) is 35.4 Å². The molecule has 0 aliphatic carbocycles. The van der Waals surface area contributed by atoms with Crippen molar-refractivity contribution in [1.82, 2.24) is 4.90 Å². The largest absolute Gasteiger partial charge is 0.388 e. The highest BCUT2D eigenvalue weighted by Crippen LogP contribution is 2.39. The van der Waals surface area contributed by atoms with Gasteiger partial charge in [-0.3, -0.25) is 4.90 Å². The predicted molar refractivity (Wildman–Crippen MR) is 90.3 cm³/mol. The van der Waals surface area contributed by atoms with Crippen molar-refractivity contribution in [1.29, 1.82) is 0 Å². The van der Waals surface area contributed by atoms with Gasteiger partial charge in [0.2, 0.25) is 0 Å². The van der Waals surface area contributed by atoms with Crippen LogP contribution in [0.25, 0.3) is 0 Å². The van der Waals surface area contributed by atoms with Gasteiger partial charge < -0.3 is 14.9 Å². The molecular formula is C19H29NO3. The molecule has 2 atom stereocenters. The Kier molecular flexibility index (Phi) is 4.79. The summed E-state index contributed by atoms with van der Waals surface area (Å²) >= 11 is 0. The third-order valence-electron chi connectivity index (χ3n) is 5.61. The Morgan fingerprint density at radius 2 is 1.87 bits per heavy atom. The Bertz CT molecular complexity index is 535. The number of benzene rings is 1. The molecule has 2 aliphatic heterocycles. The van der Waals surface area contributed by atoms with Gasteiger partial charge in [0, 0.05) is 26.1 Å². The number of aryl methyl sites for hydroxylation is 1. The molecule has 4 nitrogen and oxygen atoms in total. The summed E-state index contributed by atoms with van der Waals surface area (Å²) in [5.41, 5.74) is 1.55. The number of aliphatic hydroxyl groups is 2. The van der Waals surface area contributed by atoms with Gasteiger partial charge in [-0.05, 0) is 37.3 Å². The van der Waals surface area contributed by atoms with E-state index in [-0.39, 0.29) is 12.2 Å². The van der Waals surface area contributed by atoms with Crippen LogP contribution in [-0.4, -0.2) is 52.1 Å². The van der Waals surface area contributed by atoms with E-state index in [1.165, 1.54) is 11.1 Å². The monoisotopic (exact) mass is 319 g/mol. The molecule has 0 unspecified atom stereocenters. The van der Waals surface area contributed by atoms with E-state index < -0.39 is 11.7 Å². The molecule has 1 spiro atoms. The van der Waals surface area contributed by atoms with Gasteiger partial charge in [0.05, 0.1) is 17.8 Å². The number of hydrogen-bond acceptors (Lipinski definition) is 4. The maximum absolute atomic E-state index is 10.4. The molecule has 2 aliphatic rings. The quantitative estimate of drug-likeness (QED) is 0.896. The first-order chi connectivity index (χ1) is 10.9. The molecule has 0 bridgehead atoms.